The summed E-state index contributed by atoms with van der Waals surface area (Å²) in [6.07, 6.45) is 2.63. The lowest BCUT2D eigenvalue weighted by atomic mass is 10.1. The van der Waals surface area contributed by atoms with Crippen LogP contribution in [0.4, 0.5) is 0 Å². The molecule has 2 N–H and O–H groups in total. The third-order valence-corrected chi connectivity index (χ3v) is 3.69. The van der Waals surface area contributed by atoms with E-state index in [9.17, 15) is 4.79 Å². The number of methoxy groups -OCH3 is 1. The second kappa shape index (κ2) is 6.35. The average Bonchev–Trinajstić information content (AvgIpc) is 3.04. The van der Waals surface area contributed by atoms with Crippen LogP contribution in [0, 0.1) is 0 Å². The summed E-state index contributed by atoms with van der Waals surface area (Å²) in [5, 5.41) is 4.01. The second-order valence-electron chi connectivity index (χ2n) is 5.10. The number of carbonyl (C=O) groups is 1. The van der Waals surface area contributed by atoms with Crippen molar-refractivity contribution in [3.63, 3.8) is 0 Å². The van der Waals surface area contributed by atoms with Gasteiger partial charge in [0.15, 0.2) is 0 Å². The van der Waals surface area contributed by atoms with Crippen molar-refractivity contribution in [2.45, 2.75) is 6.42 Å². The van der Waals surface area contributed by atoms with Crippen LogP contribution in [0.3, 0.4) is 0 Å². The fourth-order valence-corrected chi connectivity index (χ4v) is 2.48. The predicted molar refractivity (Wildman–Crippen MR) is 87.3 cm³/mol. The van der Waals surface area contributed by atoms with Crippen molar-refractivity contribution in [1.82, 2.24) is 10.3 Å². The lowest BCUT2D eigenvalue weighted by Crippen LogP contribution is -2.25. The van der Waals surface area contributed by atoms with Gasteiger partial charge in [-0.3, -0.25) is 4.79 Å². The Kier molecular flexibility index (Phi) is 4.10. The van der Waals surface area contributed by atoms with Gasteiger partial charge in [0.1, 0.15) is 5.75 Å². The Morgan fingerprint density at radius 3 is 2.73 bits per heavy atom. The fourth-order valence-electron chi connectivity index (χ4n) is 2.48. The molecular weight excluding hydrogens is 276 g/mol. The number of aromatic amines is 1. The molecule has 0 unspecified atom stereocenters. The number of amides is 1. The summed E-state index contributed by atoms with van der Waals surface area (Å²) in [5.74, 6) is 0.785. The minimum Gasteiger partial charge on any atom is -0.497 e. The molecule has 0 atom stereocenters. The van der Waals surface area contributed by atoms with Gasteiger partial charge in [-0.1, -0.05) is 24.3 Å². The molecule has 0 aliphatic heterocycles. The largest absolute Gasteiger partial charge is 0.497 e. The van der Waals surface area contributed by atoms with Gasteiger partial charge in [-0.25, -0.2) is 0 Å². The molecule has 0 spiro atoms. The van der Waals surface area contributed by atoms with Crippen molar-refractivity contribution < 1.29 is 9.53 Å². The van der Waals surface area contributed by atoms with Crippen molar-refractivity contribution in [1.29, 1.82) is 0 Å². The number of hydrogen-bond acceptors (Lipinski definition) is 2. The highest BCUT2D eigenvalue weighted by Crippen LogP contribution is 2.16. The number of nitrogens with one attached hydrogen (secondary N) is 2. The summed E-state index contributed by atoms with van der Waals surface area (Å²) in [7, 11) is 1.65. The molecule has 112 valence electrons. The lowest BCUT2D eigenvalue weighted by molar-refractivity contribution is 0.0955. The summed E-state index contributed by atoms with van der Waals surface area (Å²) in [5.41, 5.74) is 2.72. The molecule has 0 aliphatic carbocycles. The van der Waals surface area contributed by atoms with Crippen molar-refractivity contribution in [2.24, 2.45) is 0 Å². The normalized spacial score (nSPS) is 10.6. The number of aromatic nitrogens is 1. The van der Waals surface area contributed by atoms with Crippen LogP contribution in [0.2, 0.25) is 0 Å². The average molecular weight is 294 g/mol. The smallest absolute Gasteiger partial charge is 0.253 e. The van der Waals surface area contributed by atoms with Crippen LogP contribution >= 0.6 is 0 Å². The maximum Gasteiger partial charge on any atom is 0.253 e. The number of carbonyl (C=O) groups excluding carboxylic acids is 1. The van der Waals surface area contributed by atoms with Crippen molar-refractivity contribution in [2.75, 3.05) is 13.7 Å². The lowest BCUT2D eigenvalue weighted by Gasteiger charge is -2.07. The number of fused-ring (bicyclic) bond motifs is 1. The van der Waals surface area contributed by atoms with Gasteiger partial charge in [0, 0.05) is 18.1 Å². The quantitative estimate of drug-likeness (QED) is 0.759. The number of hydrogen-bond donors (Lipinski definition) is 2. The van der Waals surface area contributed by atoms with Crippen LogP contribution < -0.4 is 10.1 Å². The summed E-state index contributed by atoms with van der Waals surface area (Å²) < 4.78 is 5.13. The molecule has 3 rings (SSSR count). The van der Waals surface area contributed by atoms with Crippen molar-refractivity contribution >= 4 is 16.8 Å². The summed E-state index contributed by atoms with van der Waals surface area (Å²) in [6.45, 7) is 0.599. The van der Waals surface area contributed by atoms with Gasteiger partial charge < -0.3 is 15.0 Å². The van der Waals surface area contributed by atoms with Crippen LogP contribution in [-0.4, -0.2) is 24.5 Å². The van der Waals surface area contributed by atoms with Crippen LogP contribution in [0.15, 0.2) is 54.7 Å². The zero-order chi connectivity index (χ0) is 15.4. The van der Waals surface area contributed by atoms with E-state index in [0.29, 0.717) is 12.1 Å². The van der Waals surface area contributed by atoms with Crippen molar-refractivity contribution in [3.8, 4) is 5.75 Å². The zero-order valence-corrected chi connectivity index (χ0v) is 12.4. The molecular formula is C18H18N2O2. The molecule has 0 fully saturated rings. The van der Waals surface area contributed by atoms with E-state index in [1.807, 2.05) is 54.7 Å². The van der Waals surface area contributed by atoms with Crippen LogP contribution in [-0.2, 0) is 6.42 Å². The van der Waals surface area contributed by atoms with E-state index >= 15 is 0 Å². The van der Waals surface area contributed by atoms with E-state index in [1.54, 1.807) is 7.11 Å². The fraction of sp³-hybridized carbons (Fsp3) is 0.167. The molecule has 0 aliphatic rings. The van der Waals surface area contributed by atoms with Gasteiger partial charge in [0.2, 0.25) is 0 Å². The number of H-pyrrole nitrogens is 1. The molecule has 0 saturated heterocycles. The highest BCUT2D eigenvalue weighted by atomic mass is 16.5. The maximum absolute atomic E-state index is 12.3. The Morgan fingerprint density at radius 2 is 1.95 bits per heavy atom. The minimum atomic E-state index is -0.0541. The highest BCUT2D eigenvalue weighted by Gasteiger charge is 2.09. The van der Waals surface area contributed by atoms with E-state index < -0.39 is 0 Å². The summed E-state index contributed by atoms with van der Waals surface area (Å²) >= 11 is 0. The molecule has 1 aromatic heterocycles. The molecule has 0 bridgehead atoms. The predicted octanol–water partition coefficient (Wildman–Crippen LogP) is 3.15. The molecule has 4 heteroatoms. The van der Waals surface area contributed by atoms with E-state index in [4.69, 9.17) is 4.74 Å². The molecule has 0 saturated carbocycles. The van der Waals surface area contributed by atoms with Gasteiger partial charge in [-0.05, 0) is 36.2 Å². The third-order valence-electron chi connectivity index (χ3n) is 3.69. The Labute approximate surface area is 129 Å². The van der Waals surface area contributed by atoms with Gasteiger partial charge in [-0.2, -0.15) is 0 Å². The molecule has 1 heterocycles. The minimum absolute atomic E-state index is 0.0541. The Morgan fingerprint density at radius 1 is 1.14 bits per heavy atom. The Bertz CT molecular complexity index is 775. The topological polar surface area (TPSA) is 54.1 Å². The third kappa shape index (κ3) is 2.96. The molecule has 22 heavy (non-hydrogen) atoms. The first-order valence-corrected chi connectivity index (χ1v) is 7.25. The maximum atomic E-state index is 12.3. The number of para-hydroxylation sites is 1. The zero-order valence-electron chi connectivity index (χ0n) is 12.4. The van der Waals surface area contributed by atoms with Crippen molar-refractivity contribution in [3.05, 3.63) is 65.9 Å². The first-order valence-electron chi connectivity index (χ1n) is 7.25. The van der Waals surface area contributed by atoms with E-state index in [2.05, 4.69) is 10.3 Å². The van der Waals surface area contributed by atoms with E-state index in [0.717, 1.165) is 23.1 Å². The van der Waals surface area contributed by atoms with Gasteiger partial charge >= 0.3 is 0 Å². The monoisotopic (exact) mass is 294 g/mol. The number of ether oxygens (including phenoxy) is 1. The molecule has 0 radical (unpaired) electrons. The van der Waals surface area contributed by atoms with Gasteiger partial charge in [0.05, 0.1) is 18.2 Å². The van der Waals surface area contributed by atoms with Crippen LogP contribution in [0.25, 0.3) is 10.9 Å². The number of rotatable bonds is 5. The van der Waals surface area contributed by atoms with E-state index in [-0.39, 0.29) is 5.91 Å². The molecule has 2 aromatic carbocycles. The highest BCUT2D eigenvalue weighted by molar-refractivity contribution is 6.05. The van der Waals surface area contributed by atoms with Gasteiger partial charge in [0.25, 0.3) is 5.91 Å². The first-order chi connectivity index (χ1) is 10.8. The SMILES string of the molecule is COc1ccc(CCNC(=O)c2cccc3cc[nH]c23)cc1. The summed E-state index contributed by atoms with van der Waals surface area (Å²) in [4.78, 5) is 15.4. The first kappa shape index (κ1) is 14.2. The number of benzene rings is 2. The van der Waals surface area contributed by atoms with Gasteiger partial charge in [-0.15, -0.1) is 0 Å². The van der Waals surface area contributed by atoms with Crippen LogP contribution in [0.5, 0.6) is 5.75 Å². The Balaban J connectivity index is 1.61. The standard InChI is InChI=1S/C18H18N2O2/c1-22-15-7-5-13(6-8-15)9-11-20-18(21)16-4-2-3-14-10-12-19-17(14)16/h2-8,10,12,19H,9,11H2,1H3,(H,20,21). The molecule has 1 amide bonds. The Hall–Kier alpha value is -2.75. The molecule has 3 aromatic rings. The summed E-state index contributed by atoms with van der Waals surface area (Å²) in [6, 6.07) is 15.6. The van der Waals surface area contributed by atoms with E-state index in [1.165, 1.54) is 5.56 Å². The second-order valence-corrected chi connectivity index (χ2v) is 5.10. The van der Waals surface area contributed by atoms with Crippen LogP contribution in [0.1, 0.15) is 15.9 Å². The molecule has 4 nitrogen and oxygen atoms in total.